The van der Waals surface area contributed by atoms with E-state index in [9.17, 15) is 4.39 Å². The third kappa shape index (κ3) is 1.99. The Morgan fingerprint density at radius 2 is 1.87 bits per heavy atom. The lowest BCUT2D eigenvalue weighted by molar-refractivity contribution is 0.440. The number of hydrogen-bond donors (Lipinski definition) is 1. The van der Waals surface area contributed by atoms with Gasteiger partial charge in [-0.25, -0.2) is 4.39 Å². The second-order valence-electron chi connectivity index (χ2n) is 4.52. The Hall–Kier alpha value is -1.05. The predicted molar refractivity (Wildman–Crippen MR) is 61.4 cm³/mol. The number of benzene rings is 1. The molecule has 1 aliphatic rings. The maximum absolute atomic E-state index is 13.6. The molecular weight excluding hydrogens is 189 g/mol. The van der Waals surface area contributed by atoms with Crippen LogP contribution in [0.3, 0.4) is 0 Å². The van der Waals surface area contributed by atoms with Gasteiger partial charge in [-0.05, 0) is 42.9 Å². The monoisotopic (exact) mass is 207 g/mol. The summed E-state index contributed by atoms with van der Waals surface area (Å²) in [5, 5.41) is 0. The van der Waals surface area contributed by atoms with E-state index in [2.05, 4.69) is 0 Å². The highest BCUT2D eigenvalue weighted by molar-refractivity contribution is 5.47. The third-order valence-corrected chi connectivity index (χ3v) is 3.50. The Morgan fingerprint density at radius 3 is 2.53 bits per heavy atom. The summed E-state index contributed by atoms with van der Waals surface area (Å²) in [5.41, 5.74) is 7.73. The van der Waals surface area contributed by atoms with Crippen molar-refractivity contribution in [3.8, 4) is 0 Å². The minimum atomic E-state index is -0.224. The lowest BCUT2D eigenvalue weighted by Crippen LogP contribution is -2.08. The summed E-state index contributed by atoms with van der Waals surface area (Å²) < 4.78 is 13.6. The van der Waals surface area contributed by atoms with Gasteiger partial charge in [0.15, 0.2) is 0 Å². The van der Waals surface area contributed by atoms with E-state index < -0.39 is 0 Å². The van der Waals surface area contributed by atoms with Crippen molar-refractivity contribution in [1.82, 2.24) is 0 Å². The first-order chi connectivity index (χ1) is 7.20. The molecule has 0 radical (unpaired) electrons. The van der Waals surface area contributed by atoms with Gasteiger partial charge in [0, 0.05) is 0 Å². The quantitative estimate of drug-likeness (QED) is 0.697. The van der Waals surface area contributed by atoms with Crippen molar-refractivity contribution >= 4 is 5.69 Å². The average Bonchev–Trinajstić information content (AvgIpc) is 2.27. The second kappa shape index (κ2) is 4.21. The zero-order valence-electron chi connectivity index (χ0n) is 9.22. The van der Waals surface area contributed by atoms with Crippen LogP contribution in [0, 0.1) is 12.7 Å². The number of halogens is 1. The molecule has 1 aromatic rings. The van der Waals surface area contributed by atoms with Crippen LogP contribution >= 0.6 is 0 Å². The number of nitrogen functional groups attached to an aromatic ring is 1. The van der Waals surface area contributed by atoms with Crippen molar-refractivity contribution in [3.05, 3.63) is 29.1 Å². The van der Waals surface area contributed by atoms with Gasteiger partial charge in [-0.3, -0.25) is 0 Å². The smallest absolute Gasteiger partial charge is 0.149 e. The van der Waals surface area contributed by atoms with Gasteiger partial charge in [0.2, 0.25) is 0 Å². The number of rotatable bonds is 1. The van der Waals surface area contributed by atoms with Gasteiger partial charge in [-0.15, -0.1) is 0 Å². The van der Waals surface area contributed by atoms with Gasteiger partial charge >= 0.3 is 0 Å². The first kappa shape index (κ1) is 10.5. The molecule has 1 aromatic carbocycles. The summed E-state index contributed by atoms with van der Waals surface area (Å²) in [7, 11) is 0. The standard InChI is InChI=1S/C13H18FN/c1-9-11(7-8-12(15)13(9)14)10-5-3-2-4-6-10/h7-8,10H,2-6,15H2,1H3. The van der Waals surface area contributed by atoms with E-state index >= 15 is 0 Å². The molecule has 0 aromatic heterocycles. The van der Waals surface area contributed by atoms with Crippen LogP contribution in [0.5, 0.6) is 0 Å². The fourth-order valence-corrected chi connectivity index (χ4v) is 2.58. The molecule has 82 valence electrons. The number of hydrogen-bond acceptors (Lipinski definition) is 1. The van der Waals surface area contributed by atoms with Crippen molar-refractivity contribution in [3.63, 3.8) is 0 Å². The van der Waals surface area contributed by atoms with E-state index in [4.69, 9.17) is 5.73 Å². The van der Waals surface area contributed by atoms with Crippen molar-refractivity contribution in [2.24, 2.45) is 0 Å². The minimum absolute atomic E-state index is 0.224. The van der Waals surface area contributed by atoms with Gasteiger partial charge in [-0.2, -0.15) is 0 Å². The van der Waals surface area contributed by atoms with E-state index in [1.165, 1.54) is 37.7 Å². The van der Waals surface area contributed by atoms with Gasteiger partial charge in [0.1, 0.15) is 5.82 Å². The van der Waals surface area contributed by atoms with Gasteiger partial charge in [0.05, 0.1) is 5.69 Å². The number of anilines is 1. The lowest BCUT2D eigenvalue weighted by atomic mass is 9.82. The van der Waals surface area contributed by atoms with E-state index in [0.717, 1.165) is 5.56 Å². The molecular formula is C13H18FN. The highest BCUT2D eigenvalue weighted by Crippen LogP contribution is 2.35. The normalized spacial score (nSPS) is 18.0. The molecule has 0 atom stereocenters. The average molecular weight is 207 g/mol. The first-order valence-corrected chi connectivity index (χ1v) is 5.74. The molecule has 0 amide bonds. The molecule has 1 saturated carbocycles. The van der Waals surface area contributed by atoms with Crippen LogP contribution in [-0.4, -0.2) is 0 Å². The molecule has 2 heteroatoms. The molecule has 1 nitrogen and oxygen atoms in total. The largest absolute Gasteiger partial charge is 0.396 e. The van der Waals surface area contributed by atoms with E-state index in [-0.39, 0.29) is 11.5 Å². The third-order valence-electron chi connectivity index (χ3n) is 3.50. The van der Waals surface area contributed by atoms with Crippen LogP contribution in [0.25, 0.3) is 0 Å². The summed E-state index contributed by atoms with van der Waals surface area (Å²) in [4.78, 5) is 0. The number of nitrogens with two attached hydrogens (primary N) is 1. The van der Waals surface area contributed by atoms with Crippen molar-refractivity contribution in [1.29, 1.82) is 0 Å². The Labute approximate surface area is 90.5 Å². The fourth-order valence-electron chi connectivity index (χ4n) is 2.58. The molecule has 2 rings (SSSR count). The summed E-state index contributed by atoms with van der Waals surface area (Å²) >= 11 is 0. The van der Waals surface area contributed by atoms with Crippen molar-refractivity contribution < 1.29 is 4.39 Å². The first-order valence-electron chi connectivity index (χ1n) is 5.74. The van der Waals surface area contributed by atoms with Gasteiger partial charge < -0.3 is 5.73 Å². The van der Waals surface area contributed by atoms with Crippen LogP contribution in [0.4, 0.5) is 10.1 Å². The molecule has 0 saturated heterocycles. The van der Waals surface area contributed by atoms with Crippen LogP contribution in [-0.2, 0) is 0 Å². The van der Waals surface area contributed by atoms with Crippen LogP contribution < -0.4 is 5.73 Å². The second-order valence-corrected chi connectivity index (χ2v) is 4.52. The Kier molecular flexibility index (Phi) is 2.94. The summed E-state index contributed by atoms with van der Waals surface area (Å²) in [5.74, 6) is 0.326. The van der Waals surface area contributed by atoms with Crippen LogP contribution in [0.2, 0.25) is 0 Å². The zero-order chi connectivity index (χ0) is 10.8. The van der Waals surface area contributed by atoms with Gasteiger partial charge in [-0.1, -0.05) is 25.3 Å². The van der Waals surface area contributed by atoms with Gasteiger partial charge in [0.25, 0.3) is 0 Å². The molecule has 0 bridgehead atoms. The summed E-state index contributed by atoms with van der Waals surface area (Å²) in [6, 6.07) is 3.70. The minimum Gasteiger partial charge on any atom is -0.396 e. The van der Waals surface area contributed by atoms with E-state index in [0.29, 0.717) is 5.92 Å². The maximum Gasteiger partial charge on any atom is 0.149 e. The van der Waals surface area contributed by atoms with Crippen LogP contribution in [0.1, 0.15) is 49.1 Å². The molecule has 0 aliphatic heterocycles. The molecule has 0 spiro atoms. The maximum atomic E-state index is 13.6. The fraction of sp³-hybridized carbons (Fsp3) is 0.538. The molecule has 1 aliphatic carbocycles. The molecule has 1 fully saturated rings. The zero-order valence-corrected chi connectivity index (χ0v) is 9.22. The Balaban J connectivity index is 2.31. The van der Waals surface area contributed by atoms with Crippen molar-refractivity contribution in [2.75, 3.05) is 5.73 Å². The topological polar surface area (TPSA) is 26.0 Å². The highest BCUT2D eigenvalue weighted by Gasteiger charge is 2.19. The molecule has 15 heavy (non-hydrogen) atoms. The Bertz CT molecular complexity index is 354. The lowest BCUT2D eigenvalue weighted by Gasteiger charge is -2.24. The summed E-state index contributed by atoms with van der Waals surface area (Å²) in [6.07, 6.45) is 6.27. The molecule has 0 unspecified atom stereocenters. The van der Waals surface area contributed by atoms with Crippen LogP contribution in [0.15, 0.2) is 12.1 Å². The Morgan fingerprint density at radius 1 is 1.20 bits per heavy atom. The molecule has 0 heterocycles. The molecule has 2 N–H and O–H groups in total. The summed E-state index contributed by atoms with van der Waals surface area (Å²) in [6.45, 7) is 1.84. The predicted octanol–water partition coefficient (Wildman–Crippen LogP) is 3.76. The van der Waals surface area contributed by atoms with E-state index in [1.807, 2.05) is 13.0 Å². The van der Waals surface area contributed by atoms with Crippen molar-refractivity contribution in [2.45, 2.75) is 44.9 Å². The highest BCUT2D eigenvalue weighted by atomic mass is 19.1. The van der Waals surface area contributed by atoms with E-state index in [1.54, 1.807) is 6.07 Å². The SMILES string of the molecule is Cc1c(C2CCCCC2)ccc(N)c1F.